The zero-order valence-electron chi connectivity index (χ0n) is 18.2. The molecule has 1 heterocycles. The summed E-state index contributed by atoms with van der Waals surface area (Å²) in [6, 6.07) is 16.5. The fourth-order valence-electron chi connectivity index (χ4n) is 3.40. The molecular formula is C25H19F3N4O2. The third-order valence-electron chi connectivity index (χ3n) is 5.35. The van der Waals surface area contributed by atoms with Crippen molar-refractivity contribution in [2.45, 2.75) is 20.0 Å². The van der Waals surface area contributed by atoms with Crippen molar-refractivity contribution in [1.82, 2.24) is 15.2 Å². The second kappa shape index (κ2) is 8.93. The molecule has 0 saturated carbocycles. The van der Waals surface area contributed by atoms with E-state index in [2.05, 4.69) is 15.6 Å². The van der Waals surface area contributed by atoms with E-state index in [1.807, 2.05) is 19.9 Å². The van der Waals surface area contributed by atoms with E-state index < -0.39 is 17.6 Å². The Morgan fingerprint density at radius 1 is 0.971 bits per heavy atom. The summed E-state index contributed by atoms with van der Waals surface area (Å²) in [7, 11) is 0. The van der Waals surface area contributed by atoms with Crippen LogP contribution in [0.3, 0.4) is 0 Å². The molecule has 0 unspecified atom stereocenters. The maximum absolute atomic E-state index is 13.1. The predicted octanol–water partition coefficient (Wildman–Crippen LogP) is 4.79. The second-order valence-electron chi connectivity index (χ2n) is 7.70. The van der Waals surface area contributed by atoms with Crippen LogP contribution in [0.1, 0.15) is 32.7 Å². The van der Waals surface area contributed by atoms with Gasteiger partial charge in [0.2, 0.25) is 0 Å². The van der Waals surface area contributed by atoms with Crippen LogP contribution in [0.5, 0.6) is 0 Å². The van der Waals surface area contributed by atoms with Gasteiger partial charge in [-0.05, 0) is 60.9 Å². The molecule has 0 radical (unpaired) electrons. The van der Waals surface area contributed by atoms with Crippen molar-refractivity contribution in [3.05, 3.63) is 105 Å². The van der Waals surface area contributed by atoms with Gasteiger partial charge in [0.05, 0.1) is 22.9 Å². The van der Waals surface area contributed by atoms with Crippen LogP contribution in [0.4, 0.5) is 13.2 Å². The largest absolute Gasteiger partial charge is 0.416 e. The zero-order valence-corrected chi connectivity index (χ0v) is 18.2. The standard InChI is InChI=1S/C25H19F3N4O2/c1-15-10-11-19(12-16(15)2)32-24(34)21-9-4-3-8-20(21)22(31-32)23(33)30-29-14-17-6-5-7-18(13-17)25(26,27)28/h3-14H,1-2H3,(H,30,33)/b29-14+. The summed E-state index contributed by atoms with van der Waals surface area (Å²) < 4.78 is 39.8. The van der Waals surface area contributed by atoms with Crippen LogP contribution >= 0.6 is 0 Å². The molecule has 0 bridgehead atoms. The Labute approximate surface area is 192 Å². The fourth-order valence-corrected chi connectivity index (χ4v) is 3.40. The predicted molar refractivity (Wildman–Crippen MR) is 123 cm³/mol. The Kier molecular flexibility index (Phi) is 6.02. The third-order valence-corrected chi connectivity index (χ3v) is 5.35. The highest BCUT2D eigenvalue weighted by atomic mass is 19.4. The minimum atomic E-state index is -4.49. The number of fused-ring (bicyclic) bond motifs is 1. The second-order valence-corrected chi connectivity index (χ2v) is 7.70. The van der Waals surface area contributed by atoms with E-state index in [0.29, 0.717) is 16.5 Å². The van der Waals surface area contributed by atoms with Crippen molar-refractivity contribution in [3.8, 4) is 5.69 Å². The highest BCUT2D eigenvalue weighted by Crippen LogP contribution is 2.29. The molecule has 1 N–H and O–H groups in total. The summed E-state index contributed by atoms with van der Waals surface area (Å²) in [6.07, 6.45) is -3.38. The SMILES string of the molecule is Cc1ccc(-n2nc(C(=O)N/N=C/c3cccc(C(F)(F)F)c3)c3ccccc3c2=O)cc1C. The van der Waals surface area contributed by atoms with Crippen molar-refractivity contribution in [2.24, 2.45) is 5.10 Å². The molecule has 1 amide bonds. The number of nitrogens with one attached hydrogen (secondary N) is 1. The Bertz CT molecular complexity index is 1490. The molecule has 0 spiro atoms. The van der Waals surface area contributed by atoms with Gasteiger partial charge in [-0.2, -0.15) is 28.1 Å². The molecule has 1 aromatic heterocycles. The number of hydrazone groups is 1. The average molecular weight is 464 g/mol. The molecule has 0 aliphatic heterocycles. The number of rotatable bonds is 4. The fraction of sp³-hybridized carbons (Fsp3) is 0.120. The number of halogens is 3. The Morgan fingerprint density at radius 3 is 2.41 bits per heavy atom. The van der Waals surface area contributed by atoms with E-state index in [4.69, 9.17) is 0 Å². The first-order chi connectivity index (χ1) is 16.1. The zero-order chi connectivity index (χ0) is 24.5. The molecule has 3 aromatic carbocycles. The number of hydrogen-bond acceptors (Lipinski definition) is 4. The lowest BCUT2D eigenvalue weighted by Gasteiger charge is -2.11. The molecule has 0 fully saturated rings. The number of aromatic nitrogens is 2. The molecule has 0 aliphatic carbocycles. The highest BCUT2D eigenvalue weighted by Gasteiger charge is 2.30. The van der Waals surface area contributed by atoms with Gasteiger partial charge in [-0.3, -0.25) is 9.59 Å². The first-order valence-electron chi connectivity index (χ1n) is 10.3. The number of aryl methyl sites for hydroxylation is 2. The van der Waals surface area contributed by atoms with Gasteiger partial charge < -0.3 is 0 Å². The van der Waals surface area contributed by atoms with E-state index in [-0.39, 0.29) is 16.8 Å². The minimum absolute atomic E-state index is 0.0466. The van der Waals surface area contributed by atoms with E-state index in [0.717, 1.165) is 34.2 Å². The molecular weight excluding hydrogens is 445 g/mol. The molecule has 0 saturated heterocycles. The van der Waals surface area contributed by atoms with Gasteiger partial charge in [-0.1, -0.05) is 36.4 Å². The molecule has 4 aromatic rings. The van der Waals surface area contributed by atoms with E-state index in [1.165, 1.54) is 12.1 Å². The Balaban J connectivity index is 1.70. The molecule has 0 atom stereocenters. The van der Waals surface area contributed by atoms with Crippen LogP contribution in [0.2, 0.25) is 0 Å². The molecule has 9 heteroatoms. The number of carbonyl (C=O) groups is 1. The van der Waals surface area contributed by atoms with Crippen molar-refractivity contribution in [3.63, 3.8) is 0 Å². The van der Waals surface area contributed by atoms with Gasteiger partial charge in [-0.25, -0.2) is 5.43 Å². The Hall–Kier alpha value is -4.27. The minimum Gasteiger partial charge on any atom is -0.267 e. The number of carbonyl (C=O) groups excluding carboxylic acids is 1. The van der Waals surface area contributed by atoms with Crippen LogP contribution in [-0.4, -0.2) is 21.9 Å². The Morgan fingerprint density at radius 2 is 1.71 bits per heavy atom. The highest BCUT2D eigenvalue weighted by molar-refractivity contribution is 6.05. The topological polar surface area (TPSA) is 76.3 Å². The quantitative estimate of drug-likeness (QED) is 0.349. The maximum atomic E-state index is 13.1. The van der Waals surface area contributed by atoms with Gasteiger partial charge in [0.1, 0.15) is 0 Å². The molecule has 172 valence electrons. The summed E-state index contributed by atoms with van der Waals surface area (Å²) in [5, 5.41) is 8.69. The van der Waals surface area contributed by atoms with Gasteiger partial charge in [0, 0.05) is 5.39 Å². The van der Waals surface area contributed by atoms with Gasteiger partial charge in [0.25, 0.3) is 11.5 Å². The van der Waals surface area contributed by atoms with E-state index in [9.17, 15) is 22.8 Å². The third kappa shape index (κ3) is 4.59. The first-order valence-corrected chi connectivity index (χ1v) is 10.3. The number of hydrogen-bond donors (Lipinski definition) is 1. The van der Waals surface area contributed by atoms with Crippen LogP contribution in [0.15, 0.2) is 76.6 Å². The average Bonchev–Trinajstić information content (AvgIpc) is 2.81. The summed E-state index contributed by atoms with van der Waals surface area (Å²) in [4.78, 5) is 26.0. The van der Waals surface area contributed by atoms with E-state index >= 15 is 0 Å². The van der Waals surface area contributed by atoms with Crippen LogP contribution in [0, 0.1) is 13.8 Å². The number of amides is 1. The van der Waals surface area contributed by atoms with Gasteiger partial charge in [0.15, 0.2) is 5.69 Å². The summed E-state index contributed by atoms with van der Waals surface area (Å²) in [5.74, 6) is -0.711. The summed E-state index contributed by atoms with van der Waals surface area (Å²) in [6.45, 7) is 3.85. The number of benzene rings is 3. The lowest BCUT2D eigenvalue weighted by Crippen LogP contribution is -2.28. The van der Waals surface area contributed by atoms with Gasteiger partial charge >= 0.3 is 6.18 Å². The number of alkyl halides is 3. The maximum Gasteiger partial charge on any atom is 0.416 e. The molecule has 4 rings (SSSR count). The first kappa shape index (κ1) is 22.9. The van der Waals surface area contributed by atoms with Crippen LogP contribution in [-0.2, 0) is 6.18 Å². The van der Waals surface area contributed by atoms with Crippen molar-refractivity contribution < 1.29 is 18.0 Å². The normalized spacial score (nSPS) is 11.8. The molecule has 34 heavy (non-hydrogen) atoms. The number of nitrogens with zero attached hydrogens (tertiary/aromatic N) is 3. The summed E-state index contributed by atoms with van der Waals surface area (Å²) in [5.41, 5.74) is 3.69. The monoisotopic (exact) mass is 464 g/mol. The van der Waals surface area contributed by atoms with Crippen molar-refractivity contribution in [2.75, 3.05) is 0 Å². The lowest BCUT2D eigenvalue weighted by atomic mass is 10.1. The van der Waals surface area contributed by atoms with Crippen LogP contribution in [0.25, 0.3) is 16.5 Å². The van der Waals surface area contributed by atoms with Crippen LogP contribution < -0.4 is 11.0 Å². The molecule has 0 aliphatic rings. The summed E-state index contributed by atoms with van der Waals surface area (Å²) >= 11 is 0. The lowest BCUT2D eigenvalue weighted by molar-refractivity contribution is -0.137. The smallest absolute Gasteiger partial charge is 0.267 e. The van der Waals surface area contributed by atoms with Crippen molar-refractivity contribution in [1.29, 1.82) is 0 Å². The molecule has 6 nitrogen and oxygen atoms in total. The van der Waals surface area contributed by atoms with Gasteiger partial charge in [-0.15, -0.1) is 0 Å². The van der Waals surface area contributed by atoms with Crippen molar-refractivity contribution >= 4 is 22.9 Å². The van der Waals surface area contributed by atoms with E-state index in [1.54, 1.807) is 36.4 Å².